The van der Waals surface area contributed by atoms with E-state index in [1.54, 1.807) is 12.1 Å². The van der Waals surface area contributed by atoms with Gasteiger partial charge in [-0.3, -0.25) is 4.79 Å². The molecule has 1 rings (SSSR count). The van der Waals surface area contributed by atoms with Gasteiger partial charge in [-0.25, -0.2) is 4.98 Å². The van der Waals surface area contributed by atoms with E-state index in [4.69, 9.17) is 15.9 Å². The zero-order valence-corrected chi connectivity index (χ0v) is 8.97. The van der Waals surface area contributed by atoms with Crippen LogP contribution >= 0.6 is 0 Å². The number of hydrogen-bond donors (Lipinski definition) is 4. The molecule has 0 saturated heterocycles. The molecule has 16 heavy (non-hydrogen) atoms. The summed E-state index contributed by atoms with van der Waals surface area (Å²) in [6, 6.07) is 3.17. The average molecular weight is 225 g/mol. The molecule has 1 aromatic rings. The number of aliphatic hydroxyl groups is 2. The first-order valence-corrected chi connectivity index (χ1v) is 4.77. The van der Waals surface area contributed by atoms with Crippen LogP contribution in [0.15, 0.2) is 18.3 Å². The van der Waals surface area contributed by atoms with Crippen molar-refractivity contribution in [3.05, 3.63) is 24.0 Å². The molecule has 0 saturated carbocycles. The van der Waals surface area contributed by atoms with Crippen LogP contribution in [0.1, 0.15) is 17.4 Å². The maximum atomic E-state index is 11.7. The van der Waals surface area contributed by atoms with E-state index in [1.165, 1.54) is 13.1 Å². The van der Waals surface area contributed by atoms with Crippen LogP contribution in [0.5, 0.6) is 0 Å². The van der Waals surface area contributed by atoms with E-state index in [0.29, 0.717) is 0 Å². The average Bonchev–Trinajstić information content (AvgIpc) is 2.29. The summed E-state index contributed by atoms with van der Waals surface area (Å²) in [4.78, 5) is 15.6. The van der Waals surface area contributed by atoms with Crippen LogP contribution in [0.25, 0.3) is 0 Å². The number of carbonyl (C=O) groups excluding carboxylic acids is 1. The summed E-state index contributed by atoms with van der Waals surface area (Å²) in [5, 5.41) is 20.5. The zero-order chi connectivity index (χ0) is 12.2. The number of hydrogen-bond acceptors (Lipinski definition) is 5. The number of anilines is 1. The molecule has 0 aliphatic carbocycles. The fraction of sp³-hybridized carbons (Fsp3) is 0.400. The Labute approximate surface area is 93.1 Å². The fourth-order valence-corrected chi connectivity index (χ4v) is 1.07. The van der Waals surface area contributed by atoms with Crippen molar-refractivity contribution >= 4 is 11.6 Å². The highest BCUT2D eigenvalue weighted by Gasteiger charge is 2.26. The minimum atomic E-state index is -1.08. The summed E-state index contributed by atoms with van der Waals surface area (Å²) in [6.45, 7) is 0.772. The van der Waals surface area contributed by atoms with Gasteiger partial charge in [0.2, 0.25) is 0 Å². The van der Waals surface area contributed by atoms with Gasteiger partial charge >= 0.3 is 0 Å². The molecular formula is C10H15N3O3. The SMILES string of the molecule is CC(CO)(CO)NC(=O)c1ncccc1N. The molecule has 6 nitrogen and oxygen atoms in total. The van der Waals surface area contributed by atoms with E-state index < -0.39 is 11.4 Å². The molecule has 6 heteroatoms. The molecule has 0 fully saturated rings. The van der Waals surface area contributed by atoms with Crippen LogP contribution in [-0.2, 0) is 0 Å². The molecule has 88 valence electrons. The van der Waals surface area contributed by atoms with Crippen molar-refractivity contribution in [2.75, 3.05) is 18.9 Å². The normalized spacial score (nSPS) is 11.2. The fourth-order valence-electron chi connectivity index (χ4n) is 1.07. The number of amides is 1. The molecule has 0 spiro atoms. The zero-order valence-electron chi connectivity index (χ0n) is 8.97. The third-order valence-corrected chi connectivity index (χ3v) is 2.17. The predicted octanol–water partition coefficient (Wildman–Crippen LogP) is -0.863. The van der Waals surface area contributed by atoms with E-state index in [-0.39, 0.29) is 24.6 Å². The molecule has 0 radical (unpaired) electrons. The summed E-state index contributed by atoms with van der Waals surface area (Å²) >= 11 is 0. The third kappa shape index (κ3) is 2.68. The van der Waals surface area contributed by atoms with Gasteiger partial charge in [-0.15, -0.1) is 0 Å². The van der Waals surface area contributed by atoms with E-state index in [1.807, 2.05) is 0 Å². The number of nitrogens with two attached hydrogens (primary N) is 1. The second kappa shape index (κ2) is 4.91. The maximum Gasteiger partial charge on any atom is 0.272 e. The lowest BCUT2D eigenvalue weighted by Crippen LogP contribution is -2.52. The molecule has 1 aromatic heterocycles. The van der Waals surface area contributed by atoms with Gasteiger partial charge in [0, 0.05) is 6.20 Å². The van der Waals surface area contributed by atoms with Crippen molar-refractivity contribution in [1.29, 1.82) is 0 Å². The van der Waals surface area contributed by atoms with E-state index >= 15 is 0 Å². The van der Waals surface area contributed by atoms with E-state index in [2.05, 4.69) is 10.3 Å². The van der Waals surface area contributed by atoms with Crippen molar-refractivity contribution in [3.63, 3.8) is 0 Å². The highest BCUT2D eigenvalue weighted by Crippen LogP contribution is 2.09. The molecule has 1 amide bonds. The van der Waals surface area contributed by atoms with Gasteiger partial charge in [0.15, 0.2) is 5.69 Å². The van der Waals surface area contributed by atoms with Crippen molar-refractivity contribution in [1.82, 2.24) is 10.3 Å². The number of nitrogens with zero attached hydrogens (tertiary/aromatic N) is 1. The number of aliphatic hydroxyl groups excluding tert-OH is 2. The first-order chi connectivity index (χ1) is 7.52. The van der Waals surface area contributed by atoms with E-state index in [0.717, 1.165) is 0 Å². The van der Waals surface area contributed by atoms with Gasteiger partial charge in [-0.05, 0) is 19.1 Å². The Morgan fingerprint density at radius 3 is 2.69 bits per heavy atom. The number of aromatic nitrogens is 1. The van der Waals surface area contributed by atoms with Crippen LogP contribution in [-0.4, -0.2) is 39.9 Å². The Morgan fingerprint density at radius 1 is 1.56 bits per heavy atom. The molecular weight excluding hydrogens is 210 g/mol. The van der Waals surface area contributed by atoms with Gasteiger partial charge in [0.05, 0.1) is 24.4 Å². The lowest BCUT2D eigenvalue weighted by molar-refractivity contribution is 0.0720. The summed E-state index contributed by atoms with van der Waals surface area (Å²) in [6.07, 6.45) is 1.44. The molecule has 0 aliphatic rings. The van der Waals surface area contributed by atoms with Crippen LogP contribution in [0.3, 0.4) is 0 Å². The van der Waals surface area contributed by atoms with Crippen LogP contribution < -0.4 is 11.1 Å². The Hall–Kier alpha value is -1.66. The molecule has 0 aliphatic heterocycles. The summed E-state index contributed by atoms with van der Waals surface area (Å²) < 4.78 is 0. The van der Waals surface area contributed by atoms with Gasteiger partial charge in [-0.2, -0.15) is 0 Å². The van der Waals surface area contributed by atoms with Crippen LogP contribution in [0, 0.1) is 0 Å². The molecule has 1 heterocycles. The van der Waals surface area contributed by atoms with Gasteiger partial charge in [-0.1, -0.05) is 0 Å². The Kier molecular flexibility index (Phi) is 3.81. The molecule has 0 bridgehead atoms. The molecule has 0 aromatic carbocycles. The molecule has 0 atom stereocenters. The smallest absolute Gasteiger partial charge is 0.272 e. The standard InChI is InChI=1S/C10H15N3O3/c1-10(5-14,6-15)13-9(16)8-7(11)3-2-4-12-8/h2-4,14-15H,5-6,11H2,1H3,(H,13,16). The lowest BCUT2D eigenvalue weighted by Gasteiger charge is -2.26. The Bertz CT molecular complexity index is 377. The van der Waals surface area contributed by atoms with Crippen molar-refractivity contribution in [3.8, 4) is 0 Å². The number of carbonyl (C=O) groups is 1. The Morgan fingerprint density at radius 2 is 2.19 bits per heavy atom. The quantitative estimate of drug-likeness (QED) is 0.533. The minimum absolute atomic E-state index is 0.0793. The van der Waals surface area contributed by atoms with Gasteiger partial charge in [0.25, 0.3) is 5.91 Å². The third-order valence-electron chi connectivity index (χ3n) is 2.17. The monoisotopic (exact) mass is 225 g/mol. The second-order valence-electron chi connectivity index (χ2n) is 3.77. The van der Waals surface area contributed by atoms with Crippen LogP contribution in [0.4, 0.5) is 5.69 Å². The largest absolute Gasteiger partial charge is 0.397 e. The number of nitrogen functional groups attached to an aromatic ring is 1. The minimum Gasteiger partial charge on any atom is -0.397 e. The Balaban J connectivity index is 2.84. The molecule has 0 unspecified atom stereocenters. The van der Waals surface area contributed by atoms with Crippen molar-refractivity contribution in [2.24, 2.45) is 0 Å². The van der Waals surface area contributed by atoms with Gasteiger partial charge in [0.1, 0.15) is 0 Å². The first kappa shape index (κ1) is 12.4. The predicted molar refractivity (Wildman–Crippen MR) is 58.7 cm³/mol. The van der Waals surface area contributed by atoms with Crippen molar-refractivity contribution < 1.29 is 15.0 Å². The van der Waals surface area contributed by atoms with Crippen molar-refractivity contribution in [2.45, 2.75) is 12.5 Å². The lowest BCUT2D eigenvalue weighted by atomic mass is 10.1. The van der Waals surface area contributed by atoms with E-state index in [9.17, 15) is 4.79 Å². The number of rotatable bonds is 4. The summed E-state index contributed by atoms with van der Waals surface area (Å²) in [5.41, 5.74) is 4.82. The number of nitrogens with one attached hydrogen (secondary N) is 1. The molecule has 5 N–H and O–H groups in total. The number of pyridine rings is 1. The topological polar surface area (TPSA) is 108 Å². The van der Waals surface area contributed by atoms with Gasteiger partial charge < -0.3 is 21.3 Å². The highest BCUT2D eigenvalue weighted by atomic mass is 16.3. The first-order valence-electron chi connectivity index (χ1n) is 4.77. The highest BCUT2D eigenvalue weighted by molar-refractivity contribution is 5.97. The maximum absolute atomic E-state index is 11.7. The second-order valence-corrected chi connectivity index (χ2v) is 3.77. The summed E-state index contributed by atoms with van der Waals surface area (Å²) in [5.74, 6) is -0.524. The summed E-state index contributed by atoms with van der Waals surface area (Å²) in [7, 11) is 0. The van der Waals surface area contributed by atoms with Crippen LogP contribution in [0.2, 0.25) is 0 Å².